The van der Waals surface area contributed by atoms with Crippen LogP contribution in [0.5, 0.6) is 5.75 Å². The fourth-order valence-corrected chi connectivity index (χ4v) is 4.01. The standard InChI is InChI=1S/C21H24F6N2OS2/c1-12(2)9-29-10-16(19(3,4)5)32-18(29)28-17(31)14-8-13(21(25,26)27)6-7-15(14)30-11-20(22,23)24/h6-8,10,12H,9,11H2,1-5H3/b28-18-. The molecular formula is C21H24F6N2OS2. The molecule has 3 nitrogen and oxygen atoms in total. The molecule has 0 fully saturated rings. The minimum Gasteiger partial charge on any atom is -0.483 e. The Balaban J connectivity index is 2.60. The second-order valence-corrected chi connectivity index (χ2v) is 10.1. The molecule has 0 aliphatic carbocycles. The fourth-order valence-electron chi connectivity index (χ4n) is 2.64. The lowest BCUT2D eigenvalue weighted by Gasteiger charge is -2.15. The van der Waals surface area contributed by atoms with Gasteiger partial charge in [0.25, 0.3) is 0 Å². The van der Waals surface area contributed by atoms with Crippen molar-refractivity contribution in [2.75, 3.05) is 6.61 Å². The molecule has 0 saturated heterocycles. The van der Waals surface area contributed by atoms with E-state index in [0.29, 0.717) is 23.5 Å². The Bertz CT molecular complexity index is 1030. The molecule has 0 bridgehead atoms. The summed E-state index contributed by atoms with van der Waals surface area (Å²) in [5.41, 5.74) is -1.57. The van der Waals surface area contributed by atoms with Crippen LogP contribution in [0.1, 0.15) is 50.6 Å². The lowest BCUT2D eigenvalue weighted by molar-refractivity contribution is -0.153. The Kier molecular flexibility index (Phi) is 7.87. The number of benzene rings is 1. The zero-order valence-corrected chi connectivity index (χ0v) is 19.8. The minimum absolute atomic E-state index is 0.198. The maximum Gasteiger partial charge on any atom is 0.422 e. The summed E-state index contributed by atoms with van der Waals surface area (Å²) in [6.45, 7) is 8.96. The molecule has 1 aromatic carbocycles. The number of halogens is 6. The zero-order chi connectivity index (χ0) is 24.5. The molecule has 0 radical (unpaired) electrons. The van der Waals surface area contributed by atoms with E-state index in [1.54, 1.807) is 0 Å². The molecule has 1 aromatic heterocycles. The summed E-state index contributed by atoms with van der Waals surface area (Å²) >= 11 is 6.58. The zero-order valence-electron chi connectivity index (χ0n) is 18.2. The number of thiocarbonyl (C=S) groups is 1. The van der Waals surface area contributed by atoms with E-state index in [1.807, 2.05) is 45.4 Å². The van der Waals surface area contributed by atoms with Crippen LogP contribution in [-0.4, -0.2) is 22.3 Å². The van der Waals surface area contributed by atoms with Crippen molar-refractivity contribution in [3.8, 4) is 5.75 Å². The van der Waals surface area contributed by atoms with Gasteiger partial charge in [-0.15, -0.1) is 11.3 Å². The van der Waals surface area contributed by atoms with Crippen LogP contribution in [0.4, 0.5) is 26.3 Å². The molecule has 32 heavy (non-hydrogen) atoms. The Morgan fingerprint density at radius 1 is 1.12 bits per heavy atom. The lowest BCUT2D eigenvalue weighted by atomic mass is 9.95. The van der Waals surface area contributed by atoms with Gasteiger partial charge in [0.15, 0.2) is 11.4 Å². The summed E-state index contributed by atoms with van der Waals surface area (Å²) < 4.78 is 84.1. The van der Waals surface area contributed by atoms with E-state index in [4.69, 9.17) is 17.0 Å². The molecular weight excluding hydrogens is 474 g/mol. The number of alkyl halides is 6. The molecule has 2 aromatic rings. The summed E-state index contributed by atoms with van der Waals surface area (Å²) in [4.78, 5) is 5.48. The largest absolute Gasteiger partial charge is 0.483 e. The molecule has 1 heterocycles. The lowest BCUT2D eigenvalue weighted by Crippen LogP contribution is -2.21. The average molecular weight is 499 g/mol. The van der Waals surface area contributed by atoms with Gasteiger partial charge in [-0.05, 0) is 29.5 Å². The minimum atomic E-state index is -4.70. The molecule has 0 aliphatic rings. The molecule has 178 valence electrons. The van der Waals surface area contributed by atoms with E-state index in [-0.39, 0.29) is 21.9 Å². The van der Waals surface area contributed by atoms with Crippen molar-refractivity contribution >= 4 is 28.5 Å². The van der Waals surface area contributed by atoms with Crippen molar-refractivity contribution in [3.63, 3.8) is 0 Å². The third-order valence-electron chi connectivity index (χ3n) is 4.15. The van der Waals surface area contributed by atoms with Gasteiger partial charge in [-0.25, -0.2) is 4.99 Å². The third-order valence-corrected chi connectivity index (χ3v) is 5.90. The smallest absolute Gasteiger partial charge is 0.422 e. The van der Waals surface area contributed by atoms with Crippen molar-refractivity contribution in [1.82, 2.24) is 4.57 Å². The van der Waals surface area contributed by atoms with E-state index < -0.39 is 30.3 Å². The highest BCUT2D eigenvalue weighted by molar-refractivity contribution is 7.80. The van der Waals surface area contributed by atoms with E-state index in [2.05, 4.69) is 4.99 Å². The molecule has 0 amide bonds. The molecule has 0 N–H and O–H groups in total. The SMILES string of the molecule is CC(C)Cn1cc(C(C)(C)C)s/c1=N\C(=S)c1cc(C(F)(F)F)ccc1OCC(F)(F)F. The summed E-state index contributed by atoms with van der Waals surface area (Å²) in [6, 6.07) is 2.16. The summed E-state index contributed by atoms with van der Waals surface area (Å²) in [7, 11) is 0. The van der Waals surface area contributed by atoms with E-state index >= 15 is 0 Å². The fraction of sp³-hybridized carbons (Fsp3) is 0.524. The summed E-state index contributed by atoms with van der Waals surface area (Å²) in [5.74, 6) is -0.156. The number of nitrogens with zero attached hydrogens (tertiary/aromatic N) is 2. The average Bonchev–Trinajstić information content (AvgIpc) is 3.00. The quantitative estimate of drug-likeness (QED) is 0.337. The molecule has 0 saturated carbocycles. The second-order valence-electron chi connectivity index (χ2n) is 8.70. The molecule has 0 atom stereocenters. The molecule has 2 rings (SSSR count). The first-order valence-electron chi connectivity index (χ1n) is 9.68. The maximum atomic E-state index is 13.2. The van der Waals surface area contributed by atoms with Crippen molar-refractivity contribution in [2.24, 2.45) is 10.9 Å². The van der Waals surface area contributed by atoms with Gasteiger partial charge in [-0.3, -0.25) is 0 Å². The molecule has 0 aliphatic heterocycles. The Morgan fingerprint density at radius 2 is 1.75 bits per heavy atom. The van der Waals surface area contributed by atoms with Crippen LogP contribution < -0.4 is 9.54 Å². The molecule has 11 heteroatoms. The monoisotopic (exact) mass is 498 g/mol. The second kappa shape index (κ2) is 9.54. The number of aromatic nitrogens is 1. The maximum absolute atomic E-state index is 13.2. The predicted molar refractivity (Wildman–Crippen MR) is 116 cm³/mol. The van der Waals surface area contributed by atoms with Gasteiger partial charge in [-0.2, -0.15) is 26.3 Å². The molecule has 0 unspecified atom stereocenters. The first-order valence-corrected chi connectivity index (χ1v) is 10.9. The van der Waals surface area contributed by atoms with Gasteiger partial charge in [-0.1, -0.05) is 46.8 Å². The van der Waals surface area contributed by atoms with Crippen LogP contribution in [0.3, 0.4) is 0 Å². The van der Waals surface area contributed by atoms with Gasteiger partial charge in [0.1, 0.15) is 10.7 Å². The van der Waals surface area contributed by atoms with Crippen molar-refractivity contribution in [3.05, 3.63) is 45.2 Å². The number of hydrogen-bond acceptors (Lipinski definition) is 3. The third kappa shape index (κ3) is 7.33. The number of hydrogen-bond donors (Lipinski definition) is 0. The molecule has 0 spiro atoms. The van der Waals surface area contributed by atoms with Gasteiger partial charge in [0, 0.05) is 17.6 Å². The van der Waals surface area contributed by atoms with Crippen LogP contribution in [0.25, 0.3) is 0 Å². The highest BCUT2D eigenvalue weighted by Gasteiger charge is 2.33. The number of ether oxygens (including phenoxy) is 1. The Labute approximate surface area is 191 Å². The van der Waals surface area contributed by atoms with Crippen molar-refractivity contribution in [1.29, 1.82) is 0 Å². The van der Waals surface area contributed by atoms with Crippen molar-refractivity contribution < 1.29 is 31.1 Å². The van der Waals surface area contributed by atoms with E-state index in [1.165, 1.54) is 11.3 Å². The first kappa shape index (κ1) is 26.4. The Hall–Kier alpha value is -1.88. The van der Waals surface area contributed by atoms with Crippen LogP contribution in [0.15, 0.2) is 29.4 Å². The number of rotatable bonds is 5. The van der Waals surface area contributed by atoms with Gasteiger partial charge in [0.2, 0.25) is 0 Å². The van der Waals surface area contributed by atoms with E-state index in [9.17, 15) is 26.3 Å². The van der Waals surface area contributed by atoms with E-state index in [0.717, 1.165) is 10.9 Å². The van der Waals surface area contributed by atoms with Gasteiger partial charge in [0.05, 0.1) is 11.1 Å². The Morgan fingerprint density at radius 3 is 2.25 bits per heavy atom. The van der Waals surface area contributed by atoms with Gasteiger partial charge < -0.3 is 9.30 Å². The van der Waals surface area contributed by atoms with Crippen LogP contribution in [0.2, 0.25) is 0 Å². The summed E-state index contributed by atoms with van der Waals surface area (Å²) in [6.07, 6.45) is -7.44. The topological polar surface area (TPSA) is 26.5 Å². The highest BCUT2D eigenvalue weighted by Crippen LogP contribution is 2.34. The normalized spacial score (nSPS) is 13.7. The van der Waals surface area contributed by atoms with Crippen LogP contribution >= 0.6 is 23.6 Å². The van der Waals surface area contributed by atoms with Crippen LogP contribution in [0, 0.1) is 5.92 Å². The first-order chi connectivity index (χ1) is 14.5. The highest BCUT2D eigenvalue weighted by atomic mass is 32.1. The predicted octanol–water partition coefficient (Wildman–Crippen LogP) is 6.74. The van der Waals surface area contributed by atoms with Crippen LogP contribution in [-0.2, 0) is 18.1 Å². The van der Waals surface area contributed by atoms with Gasteiger partial charge >= 0.3 is 12.4 Å². The van der Waals surface area contributed by atoms with Crippen molar-refractivity contribution in [2.45, 2.75) is 58.9 Å². The number of thiazole rings is 1. The summed E-state index contributed by atoms with van der Waals surface area (Å²) in [5, 5.41) is 0.